The highest BCUT2D eigenvalue weighted by Gasteiger charge is 2.31. The van der Waals surface area contributed by atoms with E-state index >= 15 is 0 Å². The third kappa shape index (κ3) is 2.73. The minimum atomic E-state index is 0.434. The average molecular weight is 273 g/mol. The summed E-state index contributed by atoms with van der Waals surface area (Å²) in [6.07, 6.45) is 3.55. The van der Waals surface area contributed by atoms with Gasteiger partial charge < -0.3 is 15.4 Å². The molecular weight excluding hydrogens is 250 g/mol. The van der Waals surface area contributed by atoms with Crippen molar-refractivity contribution in [3.63, 3.8) is 0 Å². The Kier molecular flexibility index (Phi) is 4.86. The third-order valence-corrected chi connectivity index (χ3v) is 4.30. The van der Waals surface area contributed by atoms with Crippen LogP contribution in [0.15, 0.2) is 18.2 Å². The third-order valence-electron chi connectivity index (χ3n) is 4.30. The summed E-state index contributed by atoms with van der Waals surface area (Å²) in [5.74, 6) is 1.31. The van der Waals surface area contributed by atoms with E-state index in [1.165, 1.54) is 12.8 Å². The minimum absolute atomic E-state index is 0.434. The monoisotopic (exact) mass is 273 g/mol. The van der Waals surface area contributed by atoms with E-state index in [1.807, 2.05) is 18.2 Å². The Bertz CT molecular complexity index is 495. The molecule has 0 aromatic heterocycles. The Labute approximate surface area is 121 Å². The van der Waals surface area contributed by atoms with Crippen molar-refractivity contribution in [1.82, 2.24) is 0 Å². The molecule has 2 atom stereocenters. The fourth-order valence-electron chi connectivity index (χ4n) is 3.26. The van der Waals surface area contributed by atoms with Crippen molar-refractivity contribution in [3.8, 4) is 11.8 Å². The summed E-state index contributed by atoms with van der Waals surface area (Å²) in [7, 11) is 1.65. The first-order chi connectivity index (χ1) is 9.74. The Balaban J connectivity index is 2.38. The molecule has 2 N–H and O–H groups in total. The van der Waals surface area contributed by atoms with Gasteiger partial charge in [0, 0.05) is 18.7 Å². The summed E-state index contributed by atoms with van der Waals surface area (Å²) in [6.45, 7) is 3.72. The van der Waals surface area contributed by atoms with E-state index in [9.17, 15) is 5.26 Å². The Morgan fingerprint density at radius 3 is 2.85 bits per heavy atom. The summed E-state index contributed by atoms with van der Waals surface area (Å²) >= 11 is 0. The molecule has 0 bridgehead atoms. The molecule has 4 heteroatoms. The summed E-state index contributed by atoms with van der Waals surface area (Å²) in [6, 6.07) is 8.36. The number of benzene rings is 1. The molecule has 1 aliphatic carbocycles. The van der Waals surface area contributed by atoms with Gasteiger partial charge >= 0.3 is 0 Å². The highest BCUT2D eigenvalue weighted by Crippen LogP contribution is 2.35. The minimum Gasteiger partial charge on any atom is -0.497 e. The second-order valence-electron chi connectivity index (χ2n) is 5.27. The Morgan fingerprint density at radius 2 is 2.25 bits per heavy atom. The van der Waals surface area contributed by atoms with E-state index in [2.05, 4.69) is 17.9 Å². The topological polar surface area (TPSA) is 62.3 Å². The molecule has 2 unspecified atom stereocenters. The summed E-state index contributed by atoms with van der Waals surface area (Å²) in [5.41, 5.74) is 7.58. The summed E-state index contributed by atoms with van der Waals surface area (Å²) < 4.78 is 5.30. The molecule has 4 nitrogen and oxygen atoms in total. The van der Waals surface area contributed by atoms with Crippen LogP contribution in [0.2, 0.25) is 0 Å². The molecule has 20 heavy (non-hydrogen) atoms. The highest BCUT2D eigenvalue weighted by atomic mass is 16.5. The van der Waals surface area contributed by atoms with Crippen LogP contribution in [0.3, 0.4) is 0 Å². The lowest BCUT2D eigenvalue weighted by molar-refractivity contribution is 0.413. The van der Waals surface area contributed by atoms with Crippen LogP contribution in [-0.2, 0) is 0 Å². The van der Waals surface area contributed by atoms with E-state index in [-0.39, 0.29) is 0 Å². The maximum absolute atomic E-state index is 9.35. The van der Waals surface area contributed by atoms with Gasteiger partial charge in [-0.3, -0.25) is 0 Å². The van der Waals surface area contributed by atoms with Crippen molar-refractivity contribution < 1.29 is 4.74 Å². The van der Waals surface area contributed by atoms with Crippen molar-refractivity contribution in [2.75, 3.05) is 25.1 Å². The zero-order chi connectivity index (χ0) is 14.5. The number of hydrogen-bond acceptors (Lipinski definition) is 4. The Hall–Kier alpha value is -1.73. The molecule has 108 valence electrons. The van der Waals surface area contributed by atoms with E-state index in [4.69, 9.17) is 10.5 Å². The molecule has 1 aromatic carbocycles. The van der Waals surface area contributed by atoms with Crippen LogP contribution in [0, 0.1) is 17.2 Å². The molecule has 1 fully saturated rings. The van der Waals surface area contributed by atoms with E-state index in [0.29, 0.717) is 24.1 Å². The lowest BCUT2D eigenvalue weighted by Crippen LogP contribution is -2.40. The van der Waals surface area contributed by atoms with Gasteiger partial charge in [-0.2, -0.15) is 5.26 Å². The van der Waals surface area contributed by atoms with Crippen LogP contribution >= 0.6 is 0 Å². The quantitative estimate of drug-likeness (QED) is 0.895. The lowest BCUT2D eigenvalue weighted by Gasteiger charge is -2.34. The smallest absolute Gasteiger partial charge is 0.121 e. The van der Waals surface area contributed by atoms with Gasteiger partial charge in [0.15, 0.2) is 0 Å². The van der Waals surface area contributed by atoms with Gasteiger partial charge in [-0.1, -0.05) is 6.42 Å². The van der Waals surface area contributed by atoms with E-state index in [0.717, 1.165) is 24.4 Å². The molecule has 1 aliphatic rings. The van der Waals surface area contributed by atoms with Crippen LogP contribution < -0.4 is 15.4 Å². The number of anilines is 1. The molecule has 0 heterocycles. The molecule has 0 spiro atoms. The van der Waals surface area contributed by atoms with Crippen LogP contribution in [0.4, 0.5) is 5.69 Å². The highest BCUT2D eigenvalue weighted by molar-refractivity contribution is 5.63. The molecular formula is C16H23N3O. The van der Waals surface area contributed by atoms with Gasteiger partial charge in [0.1, 0.15) is 11.8 Å². The fourth-order valence-corrected chi connectivity index (χ4v) is 3.26. The predicted molar refractivity (Wildman–Crippen MR) is 80.9 cm³/mol. The SMILES string of the molecule is CCN(c1cc(OC)ccc1C#N)C1CCCC1CN. The molecule has 1 aromatic rings. The van der Waals surface area contributed by atoms with Gasteiger partial charge in [0.05, 0.1) is 18.4 Å². The molecule has 0 aliphatic heterocycles. The number of nitrogens with zero attached hydrogens (tertiary/aromatic N) is 2. The molecule has 0 amide bonds. The van der Waals surface area contributed by atoms with Gasteiger partial charge in [-0.25, -0.2) is 0 Å². The van der Waals surface area contributed by atoms with Crippen molar-refractivity contribution in [2.45, 2.75) is 32.2 Å². The van der Waals surface area contributed by atoms with Crippen LogP contribution in [0.25, 0.3) is 0 Å². The van der Waals surface area contributed by atoms with Crippen LogP contribution in [0.5, 0.6) is 5.75 Å². The molecule has 1 saturated carbocycles. The zero-order valence-electron chi connectivity index (χ0n) is 12.3. The number of hydrogen-bond donors (Lipinski definition) is 1. The first kappa shape index (κ1) is 14.7. The van der Waals surface area contributed by atoms with Gasteiger partial charge in [-0.15, -0.1) is 0 Å². The zero-order valence-corrected chi connectivity index (χ0v) is 12.3. The summed E-state index contributed by atoms with van der Waals surface area (Å²) in [4.78, 5) is 2.33. The number of rotatable bonds is 5. The van der Waals surface area contributed by atoms with Gasteiger partial charge in [-0.05, 0) is 44.4 Å². The van der Waals surface area contributed by atoms with Crippen LogP contribution in [-0.4, -0.2) is 26.2 Å². The number of nitrogens with two attached hydrogens (primary N) is 1. The second kappa shape index (κ2) is 6.62. The average Bonchev–Trinajstić information content (AvgIpc) is 2.96. The first-order valence-corrected chi connectivity index (χ1v) is 7.30. The largest absolute Gasteiger partial charge is 0.497 e. The van der Waals surface area contributed by atoms with E-state index < -0.39 is 0 Å². The van der Waals surface area contributed by atoms with Crippen molar-refractivity contribution >= 4 is 5.69 Å². The normalized spacial score (nSPS) is 21.5. The molecule has 0 radical (unpaired) electrons. The van der Waals surface area contributed by atoms with E-state index in [1.54, 1.807) is 7.11 Å². The van der Waals surface area contributed by atoms with Gasteiger partial charge in [0.2, 0.25) is 0 Å². The number of nitriles is 1. The predicted octanol–water partition coefficient (Wildman–Crippen LogP) is 2.52. The van der Waals surface area contributed by atoms with Crippen molar-refractivity contribution in [1.29, 1.82) is 5.26 Å². The second-order valence-corrected chi connectivity index (χ2v) is 5.27. The molecule has 0 saturated heterocycles. The number of methoxy groups -OCH3 is 1. The maximum Gasteiger partial charge on any atom is 0.121 e. The lowest BCUT2D eigenvalue weighted by atomic mass is 10.0. The first-order valence-electron chi connectivity index (χ1n) is 7.30. The van der Waals surface area contributed by atoms with Gasteiger partial charge in [0.25, 0.3) is 0 Å². The number of ether oxygens (including phenoxy) is 1. The van der Waals surface area contributed by atoms with Crippen LogP contribution in [0.1, 0.15) is 31.7 Å². The van der Waals surface area contributed by atoms with Crippen molar-refractivity contribution in [3.05, 3.63) is 23.8 Å². The summed E-state index contributed by atoms with van der Waals surface area (Å²) in [5, 5.41) is 9.35. The molecule has 2 rings (SSSR count). The standard InChI is InChI=1S/C16H23N3O/c1-3-19(15-6-4-5-12(15)10-17)16-9-14(20-2)8-7-13(16)11-18/h7-9,12,15H,3-6,10,17H2,1-2H3. The Morgan fingerprint density at radius 1 is 1.45 bits per heavy atom. The van der Waals surface area contributed by atoms with Crippen molar-refractivity contribution in [2.24, 2.45) is 11.7 Å². The fraction of sp³-hybridized carbons (Fsp3) is 0.562. The maximum atomic E-state index is 9.35.